The fourth-order valence-electron chi connectivity index (χ4n) is 0.714. The minimum atomic E-state index is -0.185. The smallest absolute Gasteiger partial charge is 0.162 e. The lowest BCUT2D eigenvalue weighted by atomic mass is 10.2. The van der Waals surface area contributed by atoms with Gasteiger partial charge >= 0.3 is 0 Å². The van der Waals surface area contributed by atoms with Crippen LogP contribution < -0.4 is 5.73 Å². The van der Waals surface area contributed by atoms with Crippen molar-refractivity contribution in [3.05, 3.63) is 0 Å². The van der Waals surface area contributed by atoms with Gasteiger partial charge < -0.3 is 5.73 Å². The highest BCUT2D eigenvalue weighted by Gasteiger charge is 2.27. The van der Waals surface area contributed by atoms with Gasteiger partial charge in [0.15, 0.2) is 5.78 Å². The van der Waals surface area contributed by atoms with Crippen molar-refractivity contribution in [3.8, 4) is 0 Å². The third-order valence-electron chi connectivity index (χ3n) is 1.29. The predicted octanol–water partition coefficient (Wildman–Crippen LogP) is 0.0181. The van der Waals surface area contributed by atoms with Crippen molar-refractivity contribution in [3.63, 3.8) is 0 Å². The molecule has 2 unspecified atom stereocenters. The van der Waals surface area contributed by atoms with E-state index in [0.29, 0.717) is 0 Å². The van der Waals surface area contributed by atoms with Gasteiger partial charge in [-0.3, -0.25) is 4.79 Å². The Labute approximate surface area is 52.8 Å². The standard InChI is InChI=1S/C5H9NOS/c1-3-5(7)4(6)2-8-3/h3-4H,2,6H2,1H3. The van der Waals surface area contributed by atoms with E-state index in [1.165, 1.54) is 0 Å². The first-order valence-corrected chi connectivity index (χ1v) is 3.67. The van der Waals surface area contributed by atoms with Crippen molar-refractivity contribution in [2.45, 2.75) is 18.2 Å². The van der Waals surface area contributed by atoms with Crippen molar-refractivity contribution in [2.24, 2.45) is 5.73 Å². The molecular weight excluding hydrogens is 122 g/mol. The molecule has 0 aliphatic carbocycles. The normalized spacial score (nSPS) is 38.5. The summed E-state index contributed by atoms with van der Waals surface area (Å²) in [6.45, 7) is 1.90. The molecule has 2 N–H and O–H groups in total. The van der Waals surface area contributed by atoms with Gasteiger partial charge in [-0.2, -0.15) is 0 Å². The van der Waals surface area contributed by atoms with Crippen LogP contribution in [0.1, 0.15) is 6.92 Å². The van der Waals surface area contributed by atoms with Gasteiger partial charge in [0.25, 0.3) is 0 Å². The van der Waals surface area contributed by atoms with E-state index in [4.69, 9.17) is 5.73 Å². The molecular formula is C5H9NOS. The number of thioether (sulfide) groups is 1. The van der Waals surface area contributed by atoms with Gasteiger partial charge in [0, 0.05) is 5.75 Å². The average Bonchev–Trinajstić information content (AvgIpc) is 1.98. The predicted molar refractivity (Wildman–Crippen MR) is 34.9 cm³/mol. The van der Waals surface area contributed by atoms with Crippen molar-refractivity contribution < 1.29 is 4.79 Å². The van der Waals surface area contributed by atoms with Crippen LogP contribution in [-0.4, -0.2) is 22.8 Å². The van der Waals surface area contributed by atoms with Crippen LogP contribution in [0.2, 0.25) is 0 Å². The fraction of sp³-hybridized carbons (Fsp3) is 0.800. The van der Waals surface area contributed by atoms with E-state index in [2.05, 4.69) is 0 Å². The van der Waals surface area contributed by atoms with Crippen molar-refractivity contribution in [1.29, 1.82) is 0 Å². The summed E-state index contributed by atoms with van der Waals surface area (Å²) >= 11 is 1.64. The molecule has 1 fully saturated rings. The molecule has 0 aromatic carbocycles. The highest BCUT2D eigenvalue weighted by molar-refractivity contribution is 8.01. The first kappa shape index (κ1) is 6.11. The molecule has 0 amide bonds. The second-order valence-electron chi connectivity index (χ2n) is 1.98. The zero-order valence-corrected chi connectivity index (χ0v) is 5.57. The molecule has 1 aliphatic rings. The second-order valence-corrected chi connectivity index (χ2v) is 3.36. The van der Waals surface area contributed by atoms with Gasteiger partial charge in [0.1, 0.15) is 0 Å². The van der Waals surface area contributed by atoms with Crippen LogP contribution >= 0.6 is 11.8 Å². The lowest BCUT2D eigenvalue weighted by Crippen LogP contribution is -2.30. The van der Waals surface area contributed by atoms with E-state index in [1.807, 2.05) is 6.92 Å². The first-order chi connectivity index (χ1) is 3.72. The molecule has 0 spiro atoms. The maximum atomic E-state index is 10.8. The lowest BCUT2D eigenvalue weighted by molar-refractivity contribution is -0.118. The minimum Gasteiger partial charge on any atom is -0.321 e. The summed E-state index contributed by atoms with van der Waals surface area (Å²) in [5.74, 6) is 1.01. The monoisotopic (exact) mass is 131 g/mol. The SMILES string of the molecule is CC1SCC(N)C1=O. The molecule has 0 saturated carbocycles. The van der Waals surface area contributed by atoms with Crippen LogP contribution in [0.15, 0.2) is 0 Å². The molecule has 46 valence electrons. The Morgan fingerprint density at radius 1 is 1.88 bits per heavy atom. The van der Waals surface area contributed by atoms with Crippen molar-refractivity contribution in [1.82, 2.24) is 0 Å². The molecule has 1 rings (SSSR count). The lowest BCUT2D eigenvalue weighted by Gasteiger charge is -1.95. The molecule has 1 heterocycles. The number of nitrogens with two attached hydrogens (primary N) is 1. The largest absolute Gasteiger partial charge is 0.321 e. The highest BCUT2D eigenvalue weighted by Crippen LogP contribution is 2.20. The maximum absolute atomic E-state index is 10.8. The summed E-state index contributed by atoms with van der Waals surface area (Å²) in [7, 11) is 0. The van der Waals surface area contributed by atoms with Gasteiger partial charge in [-0.1, -0.05) is 0 Å². The quantitative estimate of drug-likeness (QED) is 0.504. The molecule has 0 bridgehead atoms. The first-order valence-electron chi connectivity index (χ1n) is 2.62. The molecule has 2 nitrogen and oxygen atoms in total. The van der Waals surface area contributed by atoms with Gasteiger partial charge in [0.05, 0.1) is 11.3 Å². The summed E-state index contributed by atoms with van der Waals surface area (Å²) in [6.07, 6.45) is 0. The number of Topliss-reactive ketones (excluding diaryl/α,β-unsaturated/α-hetero) is 1. The van der Waals surface area contributed by atoms with Crippen LogP contribution in [0, 0.1) is 0 Å². The molecule has 2 atom stereocenters. The maximum Gasteiger partial charge on any atom is 0.162 e. The Bertz CT molecular complexity index is 103. The number of ketones is 1. The topological polar surface area (TPSA) is 43.1 Å². The third kappa shape index (κ3) is 0.880. The molecule has 1 saturated heterocycles. The number of hydrogen-bond donors (Lipinski definition) is 1. The Kier molecular flexibility index (Phi) is 1.58. The van der Waals surface area contributed by atoms with E-state index >= 15 is 0 Å². The summed E-state index contributed by atoms with van der Waals surface area (Å²) in [5.41, 5.74) is 5.40. The van der Waals surface area contributed by atoms with Crippen LogP contribution in [-0.2, 0) is 4.79 Å². The Morgan fingerprint density at radius 2 is 2.50 bits per heavy atom. The van der Waals surface area contributed by atoms with Crippen LogP contribution in [0.25, 0.3) is 0 Å². The van der Waals surface area contributed by atoms with Crippen LogP contribution in [0.3, 0.4) is 0 Å². The molecule has 0 aromatic rings. The summed E-state index contributed by atoms with van der Waals surface area (Å²) in [5, 5.41) is 0.144. The molecule has 0 aromatic heterocycles. The number of hydrogen-bond acceptors (Lipinski definition) is 3. The zero-order chi connectivity index (χ0) is 6.15. The highest BCUT2D eigenvalue weighted by atomic mass is 32.2. The van der Waals surface area contributed by atoms with Gasteiger partial charge in [0.2, 0.25) is 0 Å². The van der Waals surface area contributed by atoms with Crippen molar-refractivity contribution >= 4 is 17.5 Å². The number of carbonyl (C=O) groups excluding carboxylic acids is 1. The van der Waals surface area contributed by atoms with Gasteiger partial charge in [-0.15, -0.1) is 11.8 Å². The summed E-state index contributed by atoms with van der Waals surface area (Å²) in [6, 6.07) is -0.185. The molecule has 1 aliphatic heterocycles. The van der Waals surface area contributed by atoms with Crippen molar-refractivity contribution in [2.75, 3.05) is 5.75 Å². The number of carbonyl (C=O) groups is 1. The van der Waals surface area contributed by atoms with E-state index in [9.17, 15) is 4.79 Å². The zero-order valence-electron chi connectivity index (χ0n) is 4.76. The summed E-state index contributed by atoms with van der Waals surface area (Å²) < 4.78 is 0. The van der Waals surface area contributed by atoms with E-state index in [-0.39, 0.29) is 17.1 Å². The molecule has 0 radical (unpaired) electrons. The number of rotatable bonds is 0. The van der Waals surface area contributed by atoms with Crippen LogP contribution in [0.5, 0.6) is 0 Å². The Morgan fingerprint density at radius 3 is 2.62 bits per heavy atom. The third-order valence-corrected chi connectivity index (χ3v) is 2.58. The summed E-state index contributed by atoms with van der Waals surface area (Å²) in [4.78, 5) is 10.8. The van der Waals surface area contributed by atoms with Gasteiger partial charge in [-0.25, -0.2) is 0 Å². The molecule has 8 heavy (non-hydrogen) atoms. The van der Waals surface area contributed by atoms with E-state index in [1.54, 1.807) is 11.8 Å². The van der Waals surface area contributed by atoms with Crippen LogP contribution in [0.4, 0.5) is 0 Å². The minimum absolute atomic E-state index is 0.144. The van der Waals surface area contributed by atoms with Gasteiger partial charge in [-0.05, 0) is 6.92 Å². The van der Waals surface area contributed by atoms with E-state index < -0.39 is 0 Å². The fourth-order valence-corrected chi connectivity index (χ4v) is 1.71. The Balaban J connectivity index is 2.57. The van der Waals surface area contributed by atoms with E-state index in [0.717, 1.165) is 5.75 Å². The Hall–Kier alpha value is -0.0200. The molecule has 3 heteroatoms. The second kappa shape index (κ2) is 2.07. The average molecular weight is 131 g/mol.